The van der Waals surface area contributed by atoms with Gasteiger partial charge >= 0.3 is 5.97 Å². The van der Waals surface area contributed by atoms with E-state index in [9.17, 15) is 4.79 Å². The fraction of sp³-hybridized carbons (Fsp3) is 0.250. The highest BCUT2D eigenvalue weighted by atomic mass is 35.5. The molecule has 1 atom stereocenters. The van der Waals surface area contributed by atoms with Gasteiger partial charge in [-0.2, -0.15) is 4.98 Å². The molecular weight excluding hydrogens is 478 g/mol. The van der Waals surface area contributed by atoms with Crippen LogP contribution in [-0.4, -0.2) is 46.8 Å². The molecule has 36 heavy (non-hydrogen) atoms. The first-order valence-electron chi connectivity index (χ1n) is 11.4. The maximum Gasteiger partial charge on any atom is 0.317 e. The molecular formula is C28H30ClN3O4. The zero-order valence-corrected chi connectivity index (χ0v) is 21.6. The second kappa shape index (κ2) is 11.9. The summed E-state index contributed by atoms with van der Waals surface area (Å²) in [5.74, 6) is 0.0827. The summed E-state index contributed by atoms with van der Waals surface area (Å²) in [6.45, 7) is 4.65. The number of aryl methyl sites for hydroxylation is 1. The molecule has 0 radical (unpaired) electrons. The van der Waals surface area contributed by atoms with Crippen LogP contribution < -0.4 is 0 Å². The average molecular weight is 508 g/mol. The van der Waals surface area contributed by atoms with Gasteiger partial charge in [0.15, 0.2) is 0 Å². The number of nitrogens with zero attached hydrogens (tertiary/aromatic N) is 3. The summed E-state index contributed by atoms with van der Waals surface area (Å²) >= 11 is 0. The van der Waals surface area contributed by atoms with E-state index in [1.54, 1.807) is 19.1 Å². The van der Waals surface area contributed by atoms with Gasteiger partial charge in [0.2, 0.25) is 5.82 Å². The Kier molecular flexibility index (Phi) is 8.98. The second-order valence-corrected chi connectivity index (χ2v) is 8.68. The van der Waals surface area contributed by atoms with Crippen LogP contribution in [0.5, 0.6) is 0 Å². The summed E-state index contributed by atoms with van der Waals surface area (Å²) in [5.41, 5.74) is 7.18. The highest BCUT2D eigenvalue weighted by Gasteiger charge is 2.17. The largest absolute Gasteiger partial charge is 0.480 e. The van der Waals surface area contributed by atoms with Crippen LogP contribution in [0.2, 0.25) is 0 Å². The van der Waals surface area contributed by atoms with E-state index < -0.39 is 5.97 Å². The van der Waals surface area contributed by atoms with E-state index in [1.807, 2.05) is 49.4 Å². The van der Waals surface area contributed by atoms with Gasteiger partial charge in [0.25, 0.3) is 5.89 Å². The molecule has 0 fully saturated rings. The number of methoxy groups -OCH3 is 1. The quantitative estimate of drug-likeness (QED) is 0.296. The lowest BCUT2D eigenvalue weighted by molar-refractivity contribution is -0.138. The van der Waals surface area contributed by atoms with Crippen LogP contribution in [0.15, 0.2) is 71.3 Å². The van der Waals surface area contributed by atoms with Crippen molar-refractivity contribution in [2.24, 2.45) is 0 Å². The molecule has 0 saturated carbocycles. The third kappa shape index (κ3) is 6.18. The normalized spacial score (nSPS) is 11.8. The van der Waals surface area contributed by atoms with Crippen LogP contribution in [-0.2, 0) is 16.1 Å². The molecule has 188 valence electrons. The van der Waals surface area contributed by atoms with Crippen LogP contribution in [0.3, 0.4) is 0 Å². The number of aromatic nitrogens is 2. The molecule has 4 rings (SSSR count). The smallest absolute Gasteiger partial charge is 0.317 e. The minimum atomic E-state index is -0.849. The molecule has 0 bridgehead atoms. The third-order valence-electron chi connectivity index (χ3n) is 6.02. The number of carbonyl (C=O) groups is 1. The van der Waals surface area contributed by atoms with E-state index in [0.717, 1.165) is 27.8 Å². The van der Waals surface area contributed by atoms with Gasteiger partial charge < -0.3 is 14.4 Å². The fourth-order valence-electron chi connectivity index (χ4n) is 4.10. The molecule has 0 saturated heterocycles. The van der Waals surface area contributed by atoms with E-state index >= 15 is 0 Å². The van der Waals surface area contributed by atoms with Crippen molar-refractivity contribution < 1.29 is 19.2 Å². The predicted molar refractivity (Wildman–Crippen MR) is 142 cm³/mol. The highest BCUT2D eigenvalue weighted by molar-refractivity contribution is 5.85. The van der Waals surface area contributed by atoms with Crippen molar-refractivity contribution in [1.29, 1.82) is 0 Å². The molecule has 1 N–H and O–H groups in total. The molecule has 0 aliphatic carbocycles. The second-order valence-electron chi connectivity index (χ2n) is 8.68. The first-order valence-corrected chi connectivity index (χ1v) is 11.4. The Morgan fingerprint density at radius 3 is 2.42 bits per heavy atom. The predicted octanol–water partition coefficient (Wildman–Crippen LogP) is 6.02. The zero-order chi connectivity index (χ0) is 24.9. The Morgan fingerprint density at radius 2 is 1.75 bits per heavy atom. The van der Waals surface area contributed by atoms with Crippen molar-refractivity contribution in [2.45, 2.75) is 26.5 Å². The molecule has 3 aromatic carbocycles. The molecule has 0 amide bonds. The van der Waals surface area contributed by atoms with E-state index in [0.29, 0.717) is 18.3 Å². The highest BCUT2D eigenvalue weighted by Crippen LogP contribution is 2.35. The lowest BCUT2D eigenvalue weighted by Gasteiger charge is -2.17. The number of carboxylic acid groups (broad SMARTS) is 1. The summed E-state index contributed by atoms with van der Waals surface area (Å²) in [7, 11) is 3.48. The molecule has 4 aromatic rings. The van der Waals surface area contributed by atoms with Crippen LogP contribution in [0.4, 0.5) is 0 Å². The molecule has 7 nitrogen and oxygen atoms in total. The maximum atomic E-state index is 10.9. The maximum absolute atomic E-state index is 10.9. The Morgan fingerprint density at radius 1 is 1.06 bits per heavy atom. The van der Waals surface area contributed by atoms with Crippen molar-refractivity contribution in [3.63, 3.8) is 0 Å². The summed E-state index contributed by atoms with van der Waals surface area (Å²) in [6, 6.07) is 22.1. The minimum Gasteiger partial charge on any atom is -0.480 e. The molecule has 1 unspecified atom stereocenters. The average Bonchev–Trinajstić information content (AvgIpc) is 3.34. The Hall–Kier alpha value is -3.52. The topological polar surface area (TPSA) is 88.7 Å². The van der Waals surface area contributed by atoms with Gasteiger partial charge in [-0.1, -0.05) is 59.8 Å². The van der Waals surface area contributed by atoms with Crippen LogP contribution in [0, 0.1) is 6.92 Å². The molecule has 0 spiro atoms. The number of likely N-dealkylation sites (N-methyl/N-ethyl adjacent to an activating group) is 1. The van der Waals surface area contributed by atoms with E-state index in [2.05, 4.69) is 41.3 Å². The molecule has 0 aliphatic rings. The summed E-state index contributed by atoms with van der Waals surface area (Å²) in [6.07, 6.45) is -0.112. The summed E-state index contributed by atoms with van der Waals surface area (Å²) < 4.78 is 11.3. The molecule has 1 heterocycles. The van der Waals surface area contributed by atoms with Gasteiger partial charge in [0.1, 0.15) is 0 Å². The first-order chi connectivity index (χ1) is 16.9. The van der Waals surface area contributed by atoms with Crippen molar-refractivity contribution in [2.75, 3.05) is 20.7 Å². The minimum absolute atomic E-state index is 0. The Balaban J connectivity index is 0.00000361. The number of hydrogen-bond donors (Lipinski definition) is 1. The number of aliphatic carboxylic acids is 1. The first kappa shape index (κ1) is 27.1. The number of hydrogen-bond acceptors (Lipinski definition) is 6. The number of carboxylic acids is 1. The molecule has 1 aromatic heterocycles. The van der Waals surface area contributed by atoms with Gasteiger partial charge in [0.05, 0.1) is 12.6 Å². The van der Waals surface area contributed by atoms with Crippen molar-refractivity contribution in [3.8, 4) is 34.0 Å². The fourth-order valence-corrected chi connectivity index (χ4v) is 4.10. The molecule has 0 aliphatic heterocycles. The van der Waals surface area contributed by atoms with Gasteiger partial charge in [-0.3, -0.25) is 9.69 Å². The third-order valence-corrected chi connectivity index (χ3v) is 6.02. The van der Waals surface area contributed by atoms with Gasteiger partial charge in [-0.25, -0.2) is 0 Å². The Bertz CT molecular complexity index is 1320. The summed E-state index contributed by atoms with van der Waals surface area (Å²) in [4.78, 5) is 17.2. The number of halogens is 1. The lowest BCUT2D eigenvalue weighted by atomic mass is 9.92. The van der Waals surface area contributed by atoms with E-state index in [-0.39, 0.29) is 25.1 Å². The number of ether oxygens (including phenoxy) is 1. The number of benzene rings is 3. The summed E-state index contributed by atoms with van der Waals surface area (Å²) in [5, 5.41) is 13.1. The van der Waals surface area contributed by atoms with Crippen molar-refractivity contribution in [1.82, 2.24) is 15.0 Å². The zero-order valence-electron chi connectivity index (χ0n) is 20.8. The Labute approximate surface area is 217 Å². The van der Waals surface area contributed by atoms with Crippen LogP contribution in [0.25, 0.3) is 34.0 Å². The van der Waals surface area contributed by atoms with E-state index in [1.165, 1.54) is 11.1 Å². The van der Waals surface area contributed by atoms with Crippen LogP contribution >= 0.6 is 12.4 Å². The van der Waals surface area contributed by atoms with Gasteiger partial charge in [-0.05, 0) is 60.8 Å². The van der Waals surface area contributed by atoms with Gasteiger partial charge in [0, 0.05) is 24.8 Å². The standard InChI is InChI=1S/C28H29N3O4.ClH/c1-18-7-5-6-8-23(18)24-14-13-22(15-25(24)19(2)34-4)28-29-27(30-35-28)21-11-9-20(10-12-21)16-31(3)17-26(32)33;/h5-15,19H,16-17H2,1-4H3,(H,32,33);1H. The van der Waals surface area contributed by atoms with E-state index in [4.69, 9.17) is 14.4 Å². The monoisotopic (exact) mass is 507 g/mol. The SMILES string of the molecule is COC(C)c1cc(-c2nc(-c3ccc(CN(C)CC(=O)O)cc3)no2)ccc1-c1ccccc1C.Cl. The van der Waals surface area contributed by atoms with Crippen LogP contribution in [0.1, 0.15) is 29.7 Å². The molecule has 8 heteroatoms. The van der Waals surface area contributed by atoms with Crippen molar-refractivity contribution >= 4 is 18.4 Å². The lowest BCUT2D eigenvalue weighted by Crippen LogP contribution is -2.25. The van der Waals surface area contributed by atoms with Crippen molar-refractivity contribution in [3.05, 3.63) is 83.4 Å². The number of rotatable bonds is 9. The van der Waals surface area contributed by atoms with Gasteiger partial charge in [-0.15, -0.1) is 12.4 Å².